The van der Waals surface area contributed by atoms with E-state index < -0.39 is 0 Å². The van der Waals surface area contributed by atoms with Crippen LogP contribution < -0.4 is 0 Å². The monoisotopic (exact) mass is 261 g/mol. The average Bonchev–Trinajstić information content (AvgIpc) is 2.39. The van der Waals surface area contributed by atoms with Gasteiger partial charge in [-0.1, -0.05) is 42.5 Å². The molecule has 0 aliphatic carbocycles. The SMILES string of the molecule is C=Cc1cc(CO)nc(Cl)c1-c1ccccc1O. The van der Waals surface area contributed by atoms with Crippen molar-refractivity contribution in [3.63, 3.8) is 0 Å². The fraction of sp³-hybridized carbons (Fsp3) is 0.0714. The molecule has 1 heterocycles. The number of hydrogen-bond donors (Lipinski definition) is 2. The molecule has 0 saturated heterocycles. The van der Waals surface area contributed by atoms with Crippen LogP contribution >= 0.6 is 11.6 Å². The van der Waals surface area contributed by atoms with Gasteiger partial charge < -0.3 is 10.2 Å². The van der Waals surface area contributed by atoms with Crippen molar-refractivity contribution < 1.29 is 10.2 Å². The minimum Gasteiger partial charge on any atom is -0.507 e. The van der Waals surface area contributed by atoms with Crippen LogP contribution in [0.15, 0.2) is 36.9 Å². The van der Waals surface area contributed by atoms with Crippen molar-refractivity contribution in [1.29, 1.82) is 0 Å². The lowest BCUT2D eigenvalue weighted by Crippen LogP contribution is -1.95. The minimum absolute atomic E-state index is 0.126. The first-order valence-electron chi connectivity index (χ1n) is 5.38. The molecule has 0 amide bonds. The van der Waals surface area contributed by atoms with Crippen molar-refractivity contribution in [1.82, 2.24) is 4.98 Å². The van der Waals surface area contributed by atoms with E-state index in [0.717, 1.165) is 5.56 Å². The predicted molar refractivity (Wildman–Crippen MR) is 72.4 cm³/mol. The molecule has 0 spiro atoms. The molecule has 0 aliphatic heterocycles. The highest BCUT2D eigenvalue weighted by Crippen LogP contribution is 2.36. The van der Waals surface area contributed by atoms with Gasteiger partial charge in [0.1, 0.15) is 10.9 Å². The van der Waals surface area contributed by atoms with Crippen LogP contribution in [0.2, 0.25) is 5.15 Å². The molecule has 2 N–H and O–H groups in total. The Balaban J connectivity index is 2.71. The van der Waals surface area contributed by atoms with Crippen molar-refractivity contribution in [2.24, 2.45) is 0 Å². The number of pyridine rings is 1. The summed E-state index contributed by atoms with van der Waals surface area (Å²) < 4.78 is 0. The lowest BCUT2D eigenvalue weighted by molar-refractivity contribution is 0.277. The van der Waals surface area contributed by atoms with Crippen molar-refractivity contribution >= 4 is 17.7 Å². The molecular weight excluding hydrogens is 250 g/mol. The molecule has 1 aromatic heterocycles. The van der Waals surface area contributed by atoms with Crippen molar-refractivity contribution in [3.05, 3.63) is 53.3 Å². The number of aliphatic hydroxyl groups is 1. The van der Waals surface area contributed by atoms with Gasteiger partial charge in [0.2, 0.25) is 0 Å². The maximum Gasteiger partial charge on any atom is 0.137 e. The third-order valence-electron chi connectivity index (χ3n) is 2.61. The Hall–Kier alpha value is -1.84. The van der Waals surface area contributed by atoms with Gasteiger partial charge in [-0.3, -0.25) is 0 Å². The molecule has 0 radical (unpaired) electrons. The van der Waals surface area contributed by atoms with E-state index in [9.17, 15) is 5.11 Å². The highest BCUT2D eigenvalue weighted by Gasteiger charge is 2.14. The zero-order valence-electron chi connectivity index (χ0n) is 9.60. The summed E-state index contributed by atoms with van der Waals surface area (Å²) in [6.45, 7) is 3.52. The summed E-state index contributed by atoms with van der Waals surface area (Å²) in [7, 11) is 0. The molecule has 2 aromatic rings. The number of aromatic nitrogens is 1. The molecule has 0 saturated carbocycles. The number of nitrogens with zero attached hydrogens (tertiary/aromatic N) is 1. The van der Waals surface area contributed by atoms with Crippen molar-refractivity contribution in [3.8, 4) is 16.9 Å². The molecule has 0 atom stereocenters. The first-order chi connectivity index (χ1) is 8.67. The summed E-state index contributed by atoms with van der Waals surface area (Å²) in [5.74, 6) is 0.126. The maximum atomic E-state index is 9.86. The van der Waals surface area contributed by atoms with Gasteiger partial charge in [0.25, 0.3) is 0 Å². The van der Waals surface area contributed by atoms with Gasteiger partial charge in [-0.2, -0.15) is 0 Å². The Kier molecular flexibility index (Phi) is 3.65. The summed E-state index contributed by atoms with van der Waals surface area (Å²) >= 11 is 6.12. The first kappa shape index (κ1) is 12.6. The molecule has 3 nitrogen and oxygen atoms in total. The topological polar surface area (TPSA) is 53.4 Å². The summed E-state index contributed by atoms with van der Waals surface area (Å²) in [6.07, 6.45) is 1.62. The number of phenolic OH excluding ortho intramolecular Hbond substituents is 1. The molecule has 1 aromatic carbocycles. The highest BCUT2D eigenvalue weighted by atomic mass is 35.5. The van der Waals surface area contributed by atoms with E-state index in [2.05, 4.69) is 11.6 Å². The largest absolute Gasteiger partial charge is 0.507 e. The van der Waals surface area contributed by atoms with Crippen LogP contribution in [0.25, 0.3) is 17.2 Å². The smallest absolute Gasteiger partial charge is 0.137 e. The van der Waals surface area contributed by atoms with Gasteiger partial charge in [-0.25, -0.2) is 4.98 Å². The van der Waals surface area contributed by atoms with Gasteiger partial charge in [-0.05, 0) is 17.7 Å². The van der Waals surface area contributed by atoms with E-state index in [1.165, 1.54) is 0 Å². The zero-order chi connectivity index (χ0) is 13.1. The zero-order valence-corrected chi connectivity index (χ0v) is 10.4. The van der Waals surface area contributed by atoms with E-state index in [-0.39, 0.29) is 17.5 Å². The van der Waals surface area contributed by atoms with Gasteiger partial charge in [0, 0.05) is 11.1 Å². The number of aliphatic hydroxyl groups excluding tert-OH is 1. The quantitative estimate of drug-likeness (QED) is 0.834. The van der Waals surface area contributed by atoms with Crippen LogP contribution in [-0.2, 0) is 6.61 Å². The fourth-order valence-corrected chi connectivity index (χ4v) is 2.10. The second kappa shape index (κ2) is 5.21. The molecule has 0 fully saturated rings. The number of halogens is 1. The molecule has 0 bridgehead atoms. The van der Waals surface area contributed by atoms with Gasteiger partial charge in [-0.15, -0.1) is 0 Å². The standard InChI is InChI=1S/C14H12ClNO2/c1-2-9-7-10(8-17)16-14(15)13(9)11-5-3-4-6-12(11)18/h2-7,17-18H,1,8H2. The van der Waals surface area contributed by atoms with Crippen LogP contribution in [0.3, 0.4) is 0 Å². The summed E-state index contributed by atoms with van der Waals surface area (Å²) in [5.41, 5.74) is 2.39. The Morgan fingerprint density at radius 2 is 2.06 bits per heavy atom. The Morgan fingerprint density at radius 1 is 1.33 bits per heavy atom. The molecule has 2 rings (SSSR count). The number of para-hydroxylation sites is 1. The number of rotatable bonds is 3. The van der Waals surface area contributed by atoms with Crippen LogP contribution in [0.1, 0.15) is 11.3 Å². The third-order valence-corrected chi connectivity index (χ3v) is 2.89. The second-order valence-electron chi connectivity index (χ2n) is 3.75. The number of benzene rings is 1. The lowest BCUT2D eigenvalue weighted by atomic mass is 10.0. The van der Waals surface area contributed by atoms with Crippen molar-refractivity contribution in [2.45, 2.75) is 6.61 Å². The number of aromatic hydroxyl groups is 1. The summed E-state index contributed by atoms with van der Waals surface area (Å²) in [6, 6.07) is 8.57. The maximum absolute atomic E-state index is 9.86. The Morgan fingerprint density at radius 3 is 2.67 bits per heavy atom. The van der Waals surface area contributed by atoms with E-state index >= 15 is 0 Å². The Labute approximate surface area is 110 Å². The van der Waals surface area contributed by atoms with Crippen molar-refractivity contribution in [2.75, 3.05) is 0 Å². The van der Waals surface area contributed by atoms with Crippen LogP contribution in [0.4, 0.5) is 0 Å². The molecule has 92 valence electrons. The minimum atomic E-state index is -0.193. The highest BCUT2D eigenvalue weighted by molar-refractivity contribution is 6.32. The predicted octanol–water partition coefficient (Wildman–Crippen LogP) is 3.24. The first-order valence-corrected chi connectivity index (χ1v) is 5.76. The second-order valence-corrected chi connectivity index (χ2v) is 4.11. The van der Waals surface area contributed by atoms with Gasteiger partial charge >= 0.3 is 0 Å². The van der Waals surface area contributed by atoms with E-state index in [0.29, 0.717) is 16.8 Å². The van der Waals surface area contributed by atoms with Crippen LogP contribution in [0.5, 0.6) is 5.75 Å². The fourth-order valence-electron chi connectivity index (χ4n) is 1.78. The summed E-state index contributed by atoms with van der Waals surface area (Å²) in [5, 5.41) is 19.2. The van der Waals surface area contributed by atoms with Gasteiger partial charge in [0.05, 0.1) is 12.3 Å². The number of phenols is 1. The third kappa shape index (κ3) is 2.23. The molecule has 4 heteroatoms. The van der Waals surface area contributed by atoms with Crippen LogP contribution in [-0.4, -0.2) is 15.2 Å². The molecule has 18 heavy (non-hydrogen) atoms. The lowest BCUT2D eigenvalue weighted by Gasteiger charge is -2.11. The normalized spacial score (nSPS) is 10.3. The van der Waals surface area contributed by atoms with E-state index in [4.69, 9.17) is 16.7 Å². The van der Waals surface area contributed by atoms with E-state index in [1.807, 2.05) is 0 Å². The molecule has 0 aliphatic rings. The average molecular weight is 262 g/mol. The molecule has 0 unspecified atom stereocenters. The van der Waals surface area contributed by atoms with Gasteiger partial charge in [0.15, 0.2) is 0 Å². The molecular formula is C14H12ClNO2. The number of hydrogen-bond acceptors (Lipinski definition) is 3. The van der Waals surface area contributed by atoms with E-state index in [1.54, 1.807) is 36.4 Å². The van der Waals surface area contributed by atoms with Crippen LogP contribution in [0, 0.1) is 0 Å². The Bertz CT molecular complexity index is 596. The summed E-state index contributed by atoms with van der Waals surface area (Å²) in [4.78, 5) is 4.07.